The molecular formula is C23H44O5. The van der Waals surface area contributed by atoms with E-state index in [4.69, 9.17) is 14.6 Å². The van der Waals surface area contributed by atoms with E-state index in [1.54, 1.807) is 0 Å². The number of hydrogen-bond acceptors (Lipinski definition) is 5. The zero-order chi connectivity index (χ0) is 20.5. The molecule has 0 bridgehead atoms. The molecule has 1 rings (SSSR count). The zero-order valence-corrected chi connectivity index (χ0v) is 17.9. The summed E-state index contributed by atoms with van der Waals surface area (Å²) < 4.78 is 11.0. The van der Waals surface area contributed by atoms with Crippen LogP contribution in [0, 0.1) is 0 Å². The fraction of sp³-hybridized carbons (Fsp3) is 0.913. The zero-order valence-electron chi connectivity index (χ0n) is 17.9. The van der Waals surface area contributed by atoms with E-state index in [-0.39, 0.29) is 13.2 Å². The first kappa shape index (κ1) is 25.6. The Hall–Kier alpha value is -0.460. The van der Waals surface area contributed by atoms with Crippen LogP contribution in [0.15, 0.2) is 12.2 Å². The third kappa shape index (κ3) is 11.5. The standard InChI is InChI=1S/C23H44O5/c1-2-3-4-5-6-7-8-9-10-11-12-13-14-15-16-17-27-23-21(26)19-28-22(23)20(25)18-24/h6-7,20-26H,2-5,8-19H2,1H3/b7-6+/t20-,21+,22+,23+/m0/s1. The van der Waals surface area contributed by atoms with Gasteiger partial charge in [0, 0.05) is 6.61 Å². The normalized spacial score (nSPS) is 23.6. The summed E-state index contributed by atoms with van der Waals surface area (Å²) in [6, 6.07) is 0. The minimum Gasteiger partial charge on any atom is -0.394 e. The van der Waals surface area contributed by atoms with Gasteiger partial charge in [-0.05, 0) is 32.1 Å². The van der Waals surface area contributed by atoms with Crippen LogP contribution in [0.1, 0.15) is 90.4 Å². The first-order chi connectivity index (χ1) is 13.7. The van der Waals surface area contributed by atoms with Gasteiger partial charge >= 0.3 is 0 Å². The first-order valence-electron chi connectivity index (χ1n) is 11.6. The molecular weight excluding hydrogens is 356 g/mol. The Morgan fingerprint density at radius 1 is 0.929 bits per heavy atom. The van der Waals surface area contributed by atoms with E-state index in [1.165, 1.54) is 70.6 Å². The summed E-state index contributed by atoms with van der Waals surface area (Å²) in [5.41, 5.74) is 0. The predicted octanol–water partition coefficient (Wildman–Crippen LogP) is 4.13. The van der Waals surface area contributed by atoms with Gasteiger partial charge in [-0.1, -0.05) is 70.4 Å². The molecule has 0 radical (unpaired) electrons. The second kappa shape index (κ2) is 17.4. The van der Waals surface area contributed by atoms with Crippen molar-refractivity contribution in [3.05, 3.63) is 12.2 Å². The Bertz CT molecular complexity index is 374. The molecule has 0 aliphatic carbocycles. The van der Waals surface area contributed by atoms with Gasteiger partial charge in [0.15, 0.2) is 0 Å². The second-order valence-corrected chi connectivity index (χ2v) is 8.03. The lowest BCUT2D eigenvalue weighted by atomic mass is 10.1. The average Bonchev–Trinajstić information content (AvgIpc) is 3.07. The van der Waals surface area contributed by atoms with Crippen LogP contribution in [0.3, 0.4) is 0 Å². The summed E-state index contributed by atoms with van der Waals surface area (Å²) in [5, 5.41) is 28.6. The number of ether oxygens (including phenoxy) is 2. The Kier molecular flexibility index (Phi) is 15.9. The van der Waals surface area contributed by atoms with Crippen molar-refractivity contribution < 1.29 is 24.8 Å². The van der Waals surface area contributed by atoms with Crippen molar-refractivity contribution in [1.82, 2.24) is 0 Å². The molecule has 1 aliphatic rings. The number of aliphatic hydroxyl groups is 3. The fourth-order valence-electron chi connectivity index (χ4n) is 3.65. The largest absolute Gasteiger partial charge is 0.394 e. The third-order valence-electron chi connectivity index (χ3n) is 5.45. The molecule has 0 spiro atoms. The lowest BCUT2D eigenvalue weighted by Gasteiger charge is -2.23. The van der Waals surface area contributed by atoms with Gasteiger partial charge in [0.1, 0.15) is 24.4 Å². The molecule has 0 unspecified atom stereocenters. The summed E-state index contributed by atoms with van der Waals surface area (Å²) in [4.78, 5) is 0. The average molecular weight is 401 g/mol. The van der Waals surface area contributed by atoms with Crippen LogP contribution in [0.4, 0.5) is 0 Å². The minimum atomic E-state index is -1.00. The van der Waals surface area contributed by atoms with E-state index < -0.39 is 24.4 Å². The van der Waals surface area contributed by atoms with E-state index in [1.807, 2.05) is 0 Å². The highest BCUT2D eigenvalue weighted by Gasteiger charge is 2.40. The summed E-state index contributed by atoms with van der Waals surface area (Å²) in [6.45, 7) is 2.58. The maximum atomic E-state index is 9.88. The molecule has 28 heavy (non-hydrogen) atoms. The number of aliphatic hydroxyl groups excluding tert-OH is 3. The number of allylic oxidation sites excluding steroid dienone is 2. The number of hydrogen-bond donors (Lipinski definition) is 3. The highest BCUT2D eigenvalue weighted by molar-refractivity contribution is 4.89. The van der Waals surface area contributed by atoms with Crippen molar-refractivity contribution in [2.75, 3.05) is 19.8 Å². The van der Waals surface area contributed by atoms with Gasteiger partial charge in [0.05, 0.1) is 13.2 Å². The van der Waals surface area contributed by atoms with Crippen molar-refractivity contribution in [2.24, 2.45) is 0 Å². The summed E-state index contributed by atoms with van der Waals surface area (Å²) in [7, 11) is 0. The SMILES string of the molecule is CCCCC/C=C/CCCCCCCCCCO[C@H]1[C@@H]([C@@H](O)CO)OC[C@H]1O. The highest BCUT2D eigenvalue weighted by atomic mass is 16.6. The topological polar surface area (TPSA) is 79.2 Å². The van der Waals surface area contributed by atoms with Crippen LogP contribution in [-0.2, 0) is 9.47 Å². The van der Waals surface area contributed by atoms with Crippen molar-refractivity contribution in [3.63, 3.8) is 0 Å². The Morgan fingerprint density at radius 3 is 2.11 bits per heavy atom. The van der Waals surface area contributed by atoms with E-state index in [9.17, 15) is 10.2 Å². The monoisotopic (exact) mass is 400 g/mol. The van der Waals surface area contributed by atoms with Gasteiger partial charge in [0.2, 0.25) is 0 Å². The van der Waals surface area contributed by atoms with E-state index >= 15 is 0 Å². The molecule has 0 aromatic carbocycles. The Labute approximate surface area is 172 Å². The smallest absolute Gasteiger partial charge is 0.114 e. The Morgan fingerprint density at radius 2 is 1.50 bits per heavy atom. The van der Waals surface area contributed by atoms with Gasteiger partial charge in [0.25, 0.3) is 0 Å². The molecule has 4 atom stereocenters. The van der Waals surface area contributed by atoms with E-state index in [2.05, 4.69) is 19.1 Å². The van der Waals surface area contributed by atoms with Crippen LogP contribution in [0.2, 0.25) is 0 Å². The van der Waals surface area contributed by atoms with Crippen molar-refractivity contribution >= 4 is 0 Å². The molecule has 1 fully saturated rings. The molecule has 1 heterocycles. The summed E-state index contributed by atoms with van der Waals surface area (Å²) >= 11 is 0. The summed E-state index contributed by atoms with van der Waals surface area (Å²) in [6.07, 6.45) is 18.1. The Balaban J connectivity index is 1.88. The van der Waals surface area contributed by atoms with E-state index in [0.29, 0.717) is 6.61 Å². The van der Waals surface area contributed by atoms with Crippen molar-refractivity contribution in [1.29, 1.82) is 0 Å². The lowest BCUT2D eigenvalue weighted by molar-refractivity contribution is -0.0938. The maximum Gasteiger partial charge on any atom is 0.114 e. The number of unbranched alkanes of at least 4 members (excludes halogenated alkanes) is 11. The molecule has 166 valence electrons. The molecule has 5 heteroatoms. The summed E-state index contributed by atoms with van der Waals surface area (Å²) in [5.74, 6) is 0. The fourth-order valence-corrected chi connectivity index (χ4v) is 3.65. The molecule has 5 nitrogen and oxygen atoms in total. The van der Waals surface area contributed by atoms with Crippen LogP contribution in [0.5, 0.6) is 0 Å². The molecule has 0 saturated carbocycles. The quantitative estimate of drug-likeness (QED) is 0.238. The minimum absolute atomic E-state index is 0.154. The lowest BCUT2D eigenvalue weighted by Crippen LogP contribution is -2.42. The molecule has 3 N–H and O–H groups in total. The third-order valence-corrected chi connectivity index (χ3v) is 5.45. The molecule has 0 aromatic rings. The van der Waals surface area contributed by atoms with Crippen LogP contribution >= 0.6 is 0 Å². The van der Waals surface area contributed by atoms with E-state index in [0.717, 1.165) is 12.8 Å². The van der Waals surface area contributed by atoms with Gasteiger partial charge in [-0.3, -0.25) is 0 Å². The van der Waals surface area contributed by atoms with Gasteiger partial charge in [-0.15, -0.1) is 0 Å². The van der Waals surface area contributed by atoms with Gasteiger partial charge < -0.3 is 24.8 Å². The van der Waals surface area contributed by atoms with Crippen LogP contribution < -0.4 is 0 Å². The van der Waals surface area contributed by atoms with Crippen LogP contribution in [0.25, 0.3) is 0 Å². The van der Waals surface area contributed by atoms with Crippen molar-refractivity contribution in [2.45, 2.75) is 115 Å². The molecule has 0 aromatic heterocycles. The van der Waals surface area contributed by atoms with Gasteiger partial charge in [-0.2, -0.15) is 0 Å². The molecule has 1 saturated heterocycles. The molecule has 0 amide bonds. The predicted molar refractivity (Wildman–Crippen MR) is 113 cm³/mol. The van der Waals surface area contributed by atoms with Crippen molar-refractivity contribution in [3.8, 4) is 0 Å². The molecule has 1 aliphatic heterocycles. The van der Waals surface area contributed by atoms with Crippen LogP contribution in [-0.4, -0.2) is 59.6 Å². The van der Waals surface area contributed by atoms with Gasteiger partial charge in [-0.25, -0.2) is 0 Å². The maximum absolute atomic E-state index is 9.88. The number of rotatable bonds is 18. The first-order valence-corrected chi connectivity index (χ1v) is 11.6. The highest BCUT2D eigenvalue weighted by Crippen LogP contribution is 2.21. The second-order valence-electron chi connectivity index (χ2n) is 8.03.